The average molecular weight is 282 g/mol. The molecular formula is C11H7FN2O4S. The second-order valence-electron chi connectivity index (χ2n) is 3.55. The normalized spacial score (nSPS) is 10.6. The van der Waals surface area contributed by atoms with Crippen molar-refractivity contribution in [3.05, 3.63) is 40.3 Å². The molecule has 6 nitrogen and oxygen atoms in total. The van der Waals surface area contributed by atoms with Gasteiger partial charge in [-0.3, -0.25) is 19.9 Å². The highest BCUT2D eigenvalue weighted by Crippen LogP contribution is 2.34. The zero-order valence-corrected chi connectivity index (χ0v) is 10.2. The van der Waals surface area contributed by atoms with Crippen molar-refractivity contribution in [2.24, 2.45) is 0 Å². The molecule has 0 aliphatic rings. The van der Waals surface area contributed by atoms with Gasteiger partial charge in [0.2, 0.25) is 0 Å². The van der Waals surface area contributed by atoms with Crippen molar-refractivity contribution >= 4 is 34.3 Å². The number of carbonyl (C=O) groups is 1. The predicted molar refractivity (Wildman–Crippen MR) is 66.7 cm³/mol. The average Bonchev–Trinajstić information content (AvgIpc) is 2.36. The Morgan fingerprint density at radius 3 is 2.95 bits per heavy atom. The number of pyridine rings is 1. The summed E-state index contributed by atoms with van der Waals surface area (Å²) in [6.45, 7) is 0. The van der Waals surface area contributed by atoms with E-state index in [-0.39, 0.29) is 27.2 Å². The van der Waals surface area contributed by atoms with Gasteiger partial charge in [0.25, 0.3) is 5.69 Å². The van der Waals surface area contributed by atoms with Crippen LogP contribution in [-0.2, 0) is 4.79 Å². The highest BCUT2D eigenvalue weighted by molar-refractivity contribution is 8.00. The smallest absolute Gasteiger partial charge is 0.313 e. The summed E-state index contributed by atoms with van der Waals surface area (Å²) in [6.07, 6.45) is 1.37. The third-order valence-electron chi connectivity index (χ3n) is 2.32. The van der Waals surface area contributed by atoms with Crippen molar-refractivity contribution in [1.29, 1.82) is 0 Å². The number of thioether (sulfide) groups is 1. The Morgan fingerprint density at radius 2 is 2.32 bits per heavy atom. The van der Waals surface area contributed by atoms with Gasteiger partial charge in [-0.25, -0.2) is 4.39 Å². The molecule has 0 saturated carbocycles. The van der Waals surface area contributed by atoms with Crippen LogP contribution in [0.1, 0.15) is 0 Å². The van der Waals surface area contributed by atoms with Gasteiger partial charge in [-0.1, -0.05) is 0 Å². The Balaban J connectivity index is 2.65. The Labute approximate surface area is 110 Å². The molecule has 1 aromatic carbocycles. The van der Waals surface area contributed by atoms with Gasteiger partial charge < -0.3 is 5.11 Å². The van der Waals surface area contributed by atoms with E-state index in [1.54, 1.807) is 0 Å². The number of non-ortho nitro benzene ring substituents is 1. The number of rotatable bonds is 4. The first-order valence-electron chi connectivity index (χ1n) is 5.07. The van der Waals surface area contributed by atoms with Crippen LogP contribution in [0.4, 0.5) is 10.1 Å². The molecule has 0 aliphatic heterocycles. The standard InChI is InChI=1S/C11H7FN2O4S/c12-7-4-8(14(17)18)6-2-1-3-13-10(6)11(7)19-5-9(15)16/h1-4H,5H2,(H,15,16). The van der Waals surface area contributed by atoms with Crippen LogP contribution in [-0.4, -0.2) is 26.7 Å². The van der Waals surface area contributed by atoms with E-state index in [1.807, 2.05) is 0 Å². The second-order valence-corrected chi connectivity index (χ2v) is 4.53. The maximum absolute atomic E-state index is 13.8. The van der Waals surface area contributed by atoms with Gasteiger partial charge in [0, 0.05) is 6.20 Å². The van der Waals surface area contributed by atoms with E-state index >= 15 is 0 Å². The SMILES string of the molecule is O=C(O)CSc1c(F)cc([N+](=O)[O-])c2cccnc12. The first-order valence-corrected chi connectivity index (χ1v) is 6.05. The molecule has 0 radical (unpaired) electrons. The largest absolute Gasteiger partial charge is 0.481 e. The number of nitrogens with zero attached hydrogens (tertiary/aromatic N) is 2. The highest BCUT2D eigenvalue weighted by atomic mass is 32.2. The number of hydrogen-bond donors (Lipinski definition) is 1. The van der Waals surface area contributed by atoms with E-state index in [1.165, 1.54) is 18.3 Å². The van der Waals surface area contributed by atoms with Crippen LogP contribution in [0.2, 0.25) is 0 Å². The molecule has 0 unspecified atom stereocenters. The molecule has 0 aliphatic carbocycles. The fourth-order valence-corrected chi connectivity index (χ4v) is 2.36. The van der Waals surface area contributed by atoms with E-state index in [9.17, 15) is 19.3 Å². The van der Waals surface area contributed by atoms with Crippen molar-refractivity contribution < 1.29 is 19.2 Å². The first kappa shape index (κ1) is 13.2. The number of aliphatic carboxylic acids is 1. The van der Waals surface area contributed by atoms with Gasteiger partial charge in [-0.2, -0.15) is 0 Å². The molecule has 1 heterocycles. The number of carboxylic acid groups (broad SMARTS) is 1. The predicted octanol–water partition coefficient (Wildman–Crippen LogP) is 2.46. The van der Waals surface area contributed by atoms with Gasteiger partial charge >= 0.3 is 5.97 Å². The monoisotopic (exact) mass is 282 g/mol. The van der Waals surface area contributed by atoms with Gasteiger partial charge in [-0.05, 0) is 12.1 Å². The van der Waals surface area contributed by atoms with Crippen molar-refractivity contribution in [3.63, 3.8) is 0 Å². The van der Waals surface area contributed by atoms with Crippen molar-refractivity contribution in [1.82, 2.24) is 4.98 Å². The number of nitro benzene ring substituents is 1. The number of halogens is 1. The summed E-state index contributed by atoms with van der Waals surface area (Å²) in [4.78, 5) is 24.6. The summed E-state index contributed by atoms with van der Waals surface area (Å²) >= 11 is 0.745. The summed E-state index contributed by atoms with van der Waals surface area (Å²) < 4.78 is 13.8. The Bertz CT molecular complexity index is 677. The summed E-state index contributed by atoms with van der Waals surface area (Å²) in [6, 6.07) is 3.73. The zero-order chi connectivity index (χ0) is 14.0. The number of carboxylic acids is 1. The lowest BCUT2D eigenvalue weighted by Gasteiger charge is -2.06. The number of benzene rings is 1. The van der Waals surface area contributed by atoms with E-state index < -0.39 is 16.7 Å². The van der Waals surface area contributed by atoms with E-state index in [0.29, 0.717) is 0 Å². The minimum absolute atomic E-state index is 0.00333. The van der Waals surface area contributed by atoms with E-state index in [4.69, 9.17) is 5.11 Å². The van der Waals surface area contributed by atoms with E-state index in [2.05, 4.69) is 4.98 Å². The Hall–Kier alpha value is -2.22. The van der Waals surface area contributed by atoms with Crippen LogP contribution >= 0.6 is 11.8 Å². The summed E-state index contributed by atoms with van der Waals surface area (Å²) in [5.41, 5.74) is -0.291. The molecule has 0 bridgehead atoms. The van der Waals surface area contributed by atoms with Crippen LogP contribution in [0.5, 0.6) is 0 Å². The fourth-order valence-electron chi connectivity index (χ4n) is 1.59. The summed E-state index contributed by atoms with van der Waals surface area (Å²) in [5.74, 6) is -2.29. The summed E-state index contributed by atoms with van der Waals surface area (Å²) in [5, 5.41) is 19.6. The lowest BCUT2D eigenvalue weighted by Crippen LogP contribution is -2.00. The van der Waals surface area contributed by atoms with Crippen LogP contribution in [0.15, 0.2) is 29.3 Å². The topological polar surface area (TPSA) is 93.3 Å². The second kappa shape index (κ2) is 5.19. The quantitative estimate of drug-likeness (QED) is 0.526. The molecule has 0 fully saturated rings. The van der Waals surface area contributed by atoms with Crippen molar-refractivity contribution in [2.75, 3.05) is 5.75 Å². The molecule has 8 heteroatoms. The lowest BCUT2D eigenvalue weighted by atomic mass is 10.2. The van der Waals surface area contributed by atoms with Crippen LogP contribution in [0.25, 0.3) is 10.9 Å². The molecule has 2 rings (SSSR count). The number of aromatic nitrogens is 1. The van der Waals surface area contributed by atoms with Gasteiger partial charge in [0.05, 0.1) is 32.5 Å². The lowest BCUT2D eigenvalue weighted by molar-refractivity contribution is -0.383. The maximum atomic E-state index is 13.8. The summed E-state index contributed by atoms with van der Waals surface area (Å²) in [7, 11) is 0. The first-order chi connectivity index (χ1) is 9.00. The molecule has 1 N–H and O–H groups in total. The molecule has 0 spiro atoms. The number of fused-ring (bicyclic) bond motifs is 1. The van der Waals surface area contributed by atoms with Crippen LogP contribution < -0.4 is 0 Å². The van der Waals surface area contributed by atoms with Gasteiger partial charge in [0.1, 0.15) is 5.82 Å². The molecule has 0 amide bonds. The molecule has 2 aromatic rings. The van der Waals surface area contributed by atoms with Gasteiger partial charge in [0.15, 0.2) is 0 Å². The van der Waals surface area contributed by atoms with E-state index in [0.717, 1.165) is 17.8 Å². The Kier molecular flexibility index (Phi) is 3.61. The zero-order valence-electron chi connectivity index (χ0n) is 9.37. The van der Waals surface area contributed by atoms with Crippen molar-refractivity contribution in [2.45, 2.75) is 4.90 Å². The van der Waals surface area contributed by atoms with Crippen molar-refractivity contribution in [3.8, 4) is 0 Å². The van der Waals surface area contributed by atoms with Crippen LogP contribution in [0, 0.1) is 15.9 Å². The molecule has 0 saturated heterocycles. The Morgan fingerprint density at radius 1 is 1.58 bits per heavy atom. The molecule has 19 heavy (non-hydrogen) atoms. The van der Waals surface area contributed by atoms with Gasteiger partial charge in [-0.15, -0.1) is 11.8 Å². The fraction of sp³-hybridized carbons (Fsp3) is 0.0909. The minimum atomic E-state index is -1.10. The molecule has 98 valence electrons. The minimum Gasteiger partial charge on any atom is -0.481 e. The number of hydrogen-bond acceptors (Lipinski definition) is 5. The highest BCUT2D eigenvalue weighted by Gasteiger charge is 2.20. The third-order valence-corrected chi connectivity index (χ3v) is 3.38. The molecular weight excluding hydrogens is 275 g/mol. The van der Waals surface area contributed by atoms with Crippen LogP contribution in [0.3, 0.4) is 0 Å². The molecule has 0 atom stereocenters. The molecule has 1 aromatic heterocycles. The number of nitro groups is 1. The maximum Gasteiger partial charge on any atom is 0.313 e. The third kappa shape index (κ3) is 2.63.